The van der Waals surface area contributed by atoms with E-state index >= 15 is 0 Å². The summed E-state index contributed by atoms with van der Waals surface area (Å²) in [6.45, 7) is 0.0810. The van der Waals surface area contributed by atoms with Gasteiger partial charge in [0.1, 0.15) is 11.8 Å². The fourth-order valence-electron chi connectivity index (χ4n) is 2.70. The van der Waals surface area contributed by atoms with Crippen molar-refractivity contribution >= 4 is 21.6 Å². The van der Waals surface area contributed by atoms with E-state index in [9.17, 15) is 0 Å². The van der Waals surface area contributed by atoms with Gasteiger partial charge in [-0.05, 0) is 60.4 Å². The topological polar surface area (TPSA) is 45.0 Å². The highest BCUT2D eigenvalue weighted by Gasteiger charge is 2.22. The van der Waals surface area contributed by atoms with Gasteiger partial charge in [-0.25, -0.2) is 0 Å². The molecule has 3 nitrogen and oxygen atoms in total. The molecule has 0 saturated heterocycles. The van der Waals surface area contributed by atoms with E-state index in [-0.39, 0.29) is 6.61 Å². The van der Waals surface area contributed by atoms with E-state index in [2.05, 4.69) is 39.4 Å². The summed E-state index contributed by atoms with van der Waals surface area (Å²) in [5.41, 5.74) is 3.86. The second-order valence-corrected chi connectivity index (χ2v) is 5.97. The lowest BCUT2D eigenvalue weighted by Crippen LogP contribution is -2.06. The fourth-order valence-corrected chi connectivity index (χ4v) is 3.11. The standard InChI is InChI=1S/C17H15BrN2O/c18-13-2-7-16-12(11-13)1-8-17(16)20-14-3-5-15(6-4-14)21-10-9-19/h2-7,11,17,20H,1,8,10H2. The van der Waals surface area contributed by atoms with Crippen LogP contribution in [0, 0.1) is 11.3 Å². The molecule has 4 heteroatoms. The first-order chi connectivity index (χ1) is 10.3. The third-order valence-electron chi connectivity index (χ3n) is 3.68. The van der Waals surface area contributed by atoms with Gasteiger partial charge in [0, 0.05) is 10.2 Å². The summed E-state index contributed by atoms with van der Waals surface area (Å²) in [4.78, 5) is 0. The summed E-state index contributed by atoms with van der Waals surface area (Å²) in [7, 11) is 0. The number of anilines is 1. The average Bonchev–Trinajstić information content (AvgIpc) is 2.88. The van der Waals surface area contributed by atoms with Crippen molar-refractivity contribution in [3.05, 3.63) is 58.1 Å². The van der Waals surface area contributed by atoms with Crippen LogP contribution in [0.25, 0.3) is 0 Å². The Morgan fingerprint density at radius 3 is 2.81 bits per heavy atom. The number of halogens is 1. The molecule has 21 heavy (non-hydrogen) atoms. The number of benzene rings is 2. The van der Waals surface area contributed by atoms with Crippen LogP contribution in [-0.2, 0) is 6.42 Å². The number of nitriles is 1. The molecule has 1 atom stereocenters. The first kappa shape index (κ1) is 14.0. The summed E-state index contributed by atoms with van der Waals surface area (Å²) in [6, 6.07) is 16.6. The molecule has 0 radical (unpaired) electrons. The molecule has 1 aliphatic rings. The Bertz CT molecular complexity index is 676. The first-order valence-electron chi connectivity index (χ1n) is 6.91. The monoisotopic (exact) mass is 342 g/mol. The third-order valence-corrected chi connectivity index (χ3v) is 4.17. The molecule has 0 saturated carbocycles. The molecule has 2 aromatic rings. The number of aryl methyl sites for hydroxylation is 1. The number of ether oxygens (including phenoxy) is 1. The number of hydrogen-bond acceptors (Lipinski definition) is 3. The predicted molar refractivity (Wildman–Crippen MR) is 86.4 cm³/mol. The lowest BCUT2D eigenvalue weighted by Gasteiger charge is -2.16. The molecule has 3 rings (SSSR count). The number of fused-ring (bicyclic) bond motifs is 1. The van der Waals surface area contributed by atoms with Crippen molar-refractivity contribution in [2.75, 3.05) is 11.9 Å². The van der Waals surface area contributed by atoms with E-state index in [1.54, 1.807) is 0 Å². The van der Waals surface area contributed by atoms with Gasteiger partial charge < -0.3 is 10.1 Å². The Morgan fingerprint density at radius 1 is 1.24 bits per heavy atom. The zero-order valence-electron chi connectivity index (χ0n) is 11.5. The molecule has 1 unspecified atom stereocenters. The summed E-state index contributed by atoms with van der Waals surface area (Å²) in [5.74, 6) is 0.720. The summed E-state index contributed by atoms with van der Waals surface area (Å²) in [5, 5.41) is 12.1. The minimum absolute atomic E-state index is 0.0810. The molecule has 0 fully saturated rings. The van der Waals surface area contributed by atoms with E-state index in [0.29, 0.717) is 6.04 Å². The van der Waals surface area contributed by atoms with Crippen molar-refractivity contribution in [2.24, 2.45) is 0 Å². The largest absolute Gasteiger partial charge is 0.479 e. The highest BCUT2D eigenvalue weighted by atomic mass is 79.9. The van der Waals surface area contributed by atoms with E-state index in [1.165, 1.54) is 11.1 Å². The van der Waals surface area contributed by atoms with Crippen LogP contribution in [0.15, 0.2) is 46.9 Å². The maximum atomic E-state index is 8.49. The lowest BCUT2D eigenvalue weighted by atomic mass is 10.1. The predicted octanol–water partition coefficient (Wildman–Crippen LogP) is 4.45. The van der Waals surface area contributed by atoms with Crippen molar-refractivity contribution in [3.8, 4) is 11.8 Å². The summed E-state index contributed by atoms with van der Waals surface area (Å²) in [6.07, 6.45) is 2.22. The minimum atomic E-state index is 0.0810. The molecule has 1 N–H and O–H groups in total. The zero-order valence-corrected chi connectivity index (χ0v) is 13.1. The Hall–Kier alpha value is -1.99. The quantitative estimate of drug-likeness (QED) is 0.892. The Labute approximate surface area is 132 Å². The molecule has 1 aliphatic carbocycles. The Kier molecular flexibility index (Phi) is 4.12. The maximum Gasteiger partial charge on any atom is 0.174 e. The van der Waals surface area contributed by atoms with Crippen LogP contribution in [0.1, 0.15) is 23.6 Å². The first-order valence-corrected chi connectivity index (χ1v) is 7.70. The average molecular weight is 343 g/mol. The number of nitrogens with one attached hydrogen (secondary N) is 1. The molecule has 0 bridgehead atoms. The summed E-state index contributed by atoms with van der Waals surface area (Å²) >= 11 is 3.52. The SMILES string of the molecule is N#CCOc1ccc(NC2CCc3cc(Br)ccc32)cc1. The smallest absolute Gasteiger partial charge is 0.174 e. The molecule has 2 aromatic carbocycles. The van der Waals surface area contributed by atoms with Crippen LogP contribution in [-0.4, -0.2) is 6.61 Å². The van der Waals surface area contributed by atoms with Gasteiger partial charge in [0.05, 0.1) is 6.04 Å². The van der Waals surface area contributed by atoms with Gasteiger partial charge in [-0.2, -0.15) is 5.26 Å². The van der Waals surface area contributed by atoms with Gasteiger partial charge in [-0.3, -0.25) is 0 Å². The van der Waals surface area contributed by atoms with Crippen LogP contribution in [0.4, 0.5) is 5.69 Å². The Morgan fingerprint density at radius 2 is 2.05 bits per heavy atom. The van der Waals surface area contributed by atoms with Gasteiger partial charge in [0.2, 0.25) is 0 Å². The zero-order chi connectivity index (χ0) is 14.7. The molecule has 0 spiro atoms. The van der Waals surface area contributed by atoms with Crippen LogP contribution in [0.3, 0.4) is 0 Å². The van der Waals surface area contributed by atoms with Gasteiger partial charge in [-0.15, -0.1) is 0 Å². The molecule has 0 amide bonds. The normalized spacial score (nSPS) is 16.1. The summed E-state index contributed by atoms with van der Waals surface area (Å²) < 4.78 is 6.40. The fraction of sp³-hybridized carbons (Fsp3) is 0.235. The Balaban J connectivity index is 1.70. The van der Waals surface area contributed by atoms with Crippen molar-refractivity contribution in [2.45, 2.75) is 18.9 Å². The van der Waals surface area contributed by atoms with Gasteiger partial charge in [0.15, 0.2) is 6.61 Å². The van der Waals surface area contributed by atoms with Crippen LogP contribution < -0.4 is 10.1 Å². The van der Waals surface area contributed by atoms with E-state index in [1.807, 2.05) is 30.3 Å². The number of rotatable bonds is 4. The molecule has 0 heterocycles. The van der Waals surface area contributed by atoms with Crippen molar-refractivity contribution in [3.63, 3.8) is 0 Å². The molecule has 0 aliphatic heterocycles. The third kappa shape index (κ3) is 3.20. The molecule has 106 valence electrons. The van der Waals surface area contributed by atoms with Crippen LogP contribution >= 0.6 is 15.9 Å². The highest BCUT2D eigenvalue weighted by molar-refractivity contribution is 9.10. The molecular weight excluding hydrogens is 328 g/mol. The maximum absolute atomic E-state index is 8.49. The van der Waals surface area contributed by atoms with E-state index < -0.39 is 0 Å². The molecular formula is C17H15BrN2O. The van der Waals surface area contributed by atoms with Gasteiger partial charge in [-0.1, -0.05) is 22.0 Å². The van der Waals surface area contributed by atoms with Crippen LogP contribution in [0.2, 0.25) is 0 Å². The van der Waals surface area contributed by atoms with E-state index in [0.717, 1.165) is 28.8 Å². The van der Waals surface area contributed by atoms with E-state index in [4.69, 9.17) is 10.00 Å². The van der Waals surface area contributed by atoms with Gasteiger partial charge in [0.25, 0.3) is 0 Å². The highest BCUT2D eigenvalue weighted by Crippen LogP contribution is 2.35. The van der Waals surface area contributed by atoms with Crippen LogP contribution in [0.5, 0.6) is 5.75 Å². The van der Waals surface area contributed by atoms with Crippen molar-refractivity contribution < 1.29 is 4.74 Å². The van der Waals surface area contributed by atoms with Crippen molar-refractivity contribution in [1.82, 2.24) is 0 Å². The molecule has 0 aromatic heterocycles. The van der Waals surface area contributed by atoms with Gasteiger partial charge >= 0.3 is 0 Å². The number of nitrogens with zero attached hydrogens (tertiary/aromatic N) is 1. The number of hydrogen-bond donors (Lipinski definition) is 1. The minimum Gasteiger partial charge on any atom is -0.479 e. The van der Waals surface area contributed by atoms with Crippen molar-refractivity contribution in [1.29, 1.82) is 5.26 Å². The second-order valence-electron chi connectivity index (χ2n) is 5.05. The second kappa shape index (κ2) is 6.19. The lowest BCUT2D eigenvalue weighted by molar-refractivity contribution is 0.368.